The first kappa shape index (κ1) is 16.6. The standard InChI is InChI=1S/C15H19N5O3/c1-3-19(10-14(21)22)15(23)13(20-11(2)16-17-18-20)9-12-7-5-4-6-8-12/h4-8,13H,3,9-10H2,1-2H3,(H,21,22). The summed E-state index contributed by atoms with van der Waals surface area (Å²) in [6.45, 7) is 3.41. The molecule has 0 aliphatic heterocycles. The highest BCUT2D eigenvalue weighted by Crippen LogP contribution is 2.17. The number of tetrazole rings is 1. The number of aliphatic carboxylic acids is 1. The zero-order valence-corrected chi connectivity index (χ0v) is 13.1. The van der Waals surface area contributed by atoms with Gasteiger partial charge in [-0.15, -0.1) is 5.10 Å². The lowest BCUT2D eigenvalue weighted by molar-refractivity contribution is -0.146. The summed E-state index contributed by atoms with van der Waals surface area (Å²) in [4.78, 5) is 25.1. The summed E-state index contributed by atoms with van der Waals surface area (Å²) in [7, 11) is 0. The lowest BCUT2D eigenvalue weighted by atomic mass is 10.0. The number of hydrogen-bond donors (Lipinski definition) is 1. The minimum Gasteiger partial charge on any atom is -0.480 e. The van der Waals surface area contributed by atoms with Gasteiger partial charge in [0.2, 0.25) is 5.91 Å². The van der Waals surface area contributed by atoms with Gasteiger partial charge in [-0.3, -0.25) is 9.59 Å². The molecule has 1 unspecified atom stereocenters. The number of carbonyl (C=O) groups excluding carboxylic acids is 1. The fourth-order valence-corrected chi connectivity index (χ4v) is 2.36. The van der Waals surface area contributed by atoms with E-state index in [2.05, 4.69) is 15.5 Å². The summed E-state index contributed by atoms with van der Waals surface area (Å²) in [6.07, 6.45) is 0.391. The van der Waals surface area contributed by atoms with Crippen LogP contribution in [0, 0.1) is 6.92 Å². The molecule has 1 heterocycles. The fraction of sp³-hybridized carbons (Fsp3) is 0.400. The van der Waals surface area contributed by atoms with Crippen molar-refractivity contribution in [2.24, 2.45) is 0 Å². The van der Waals surface area contributed by atoms with Gasteiger partial charge in [-0.2, -0.15) is 0 Å². The van der Waals surface area contributed by atoms with E-state index >= 15 is 0 Å². The van der Waals surface area contributed by atoms with E-state index in [1.54, 1.807) is 13.8 Å². The second kappa shape index (κ2) is 7.48. The highest BCUT2D eigenvalue weighted by atomic mass is 16.4. The topological polar surface area (TPSA) is 101 Å². The number of carboxylic acids is 1. The summed E-state index contributed by atoms with van der Waals surface area (Å²) in [6, 6.07) is 8.81. The van der Waals surface area contributed by atoms with Crippen molar-refractivity contribution in [1.29, 1.82) is 0 Å². The van der Waals surface area contributed by atoms with E-state index in [4.69, 9.17) is 5.11 Å². The summed E-state index contributed by atoms with van der Waals surface area (Å²) in [5.74, 6) is -0.855. The van der Waals surface area contributed by atoms with Crippen molar-refractivity contribution in [2.75, 3.05) is 13.1 Å². The van der Waals surface area contributed by atoms with Gasteiger partial charge in [-0.1, -0.05) is 30.3 Å². The van der Waals surface area contributed by atoms with E-state index in [1.807, 2.05) is 30.3 Å². The third-order valence-electron chi connectivity index (χ3n) is 3.53. The van der Waals surface area contributed by atoms with Crippen molar-refractivity contribution in [3.8, 4) is 0 Å². The lowest BCUT2D eigenvalue weighted by Crippen LogP contribution is -2.41. The highest BCUT2D eigenvalue weighted by molar-refractivity contribution is 5.84. The van der Waals surface area contributed by atoms with Crippen LogP contribution in [0.5, 0.6) is 0 Å². The number of rotatable bonds is 7. The van der Waals surface area contributed by atoms with Gasteiger partial charge < -0.3 is 10.0 Å². The molecule has 8 heteroatoms. The number of benzene rings is 1. The third kappa shape index (κ3) is 4.12. The van der Waals surface area contributed by atoms with Crippen molar-refractivity contribution in [3.05, 3.63) is 41.7 Å². The number of likely N-dealkylation sites (N-methyl/N-ethyl adjacent to an activating group) is 1. The normalized spacial score (nSPS) is 11.9. The van der Waals surface area contributed by atoms with Crippen LogP contribution in [0.3, 0.4) is 0 Å². The second-order valence-electron chi connectivity index (χ2n) is 5.12. The minimum absolute atomic E-state index is 0.303. The number of nitrogens with zero attached hydrogens (tertiary/aromatic N) is 5. The maximum Gasteiger partial charge on any atom is 0.323 e. The van der Waals surface area contributed by atoms with Crippen molar-refractivity contribution in [3.63, 3.8) is 0 Å². The van der Waals surface area contributed by atoms with Gasteiger partial charge in [-0.05, 0) is 29.8 Å². The maximum atomic E-state index is 12.8. The van der Waals surface area contributed by atoms with Gasteiger partial charge in [-0.25, -0.2) is 4.68 Å². The van der Waals surface area contributed by atoms with Crippen LogP contribution >= 0.6 is 0 Å². The number of hydrogen-bond acceptors (Lipinski definition) is 5. The van der Waals surface area contributed by atoms with Gasteiger partial charge in [0, 0.05) is 13.0 Å². The lowest BCUT2D eigenvalue weighted by Gasteiger charge is -2.25. The van der Waals surface area contributed by atoms with E-state index < -0.39 is 12.0 Å². The molecule has 1 aromatic carbocycles. The van der Waals surface area contributed by atoms with Crippen LogP contribution < -0.4 is 0 Å². The molecule has 0 aliphatic carbocycles. The molecule has 23 heavy (non-hydrogen) atoms. The third-order valence-corrected chi connectivity index (χ3v) is 3.53. The van der Waals surface area contributed by atoms with E-state index in [0.29, 0.717) is 18.8 Å². The second-order valence-corrected chi connectivity index (χ2v) is 5.12. The smallest absolute Gasteiger partial charge is 0.323 e. The Kier molecular flexibility index (Phi) is 5.40. The molecule has 2 rings (SSSR count). The van der Waals surface area contributed by atoms with Crippen molar-refractivity contribution >= 4 is 11.9 Å². The van der Waals surface area contributed by atoms with Crippen LogP contribution in [-0.2, 0) is 16.0 Å². The molecular formula is C15H19N5O3. The molecule has 122 valence electrons. The molecule has 0 bridgehead atoms. The van der Waals surface area contributed by atoms with Gasteiger partial charge in [0.05, 0.1) is 0 Å². The zero-order valence-electron chi connectivity index (χ0n) is 13.1. The molecule has 0 aliphatic rings. The van der Waals surface area contributed by atoms with E-state index in [9.17, 15) is 9.59 Å². The molecular weight excluding hydrogens is 298 g/mol. The predicted molar refractivity (Wildman–Crippen MR) is 81.6 cm³/mol. The van der Waals surface area contributed by atoms with Gasteiger partial charge in [0.25, 0.3) is 0 Å². The predicted octanol–water partition coefficient (Wildman–Crippen LogP) is 0.698. The van der Waals surface area contributed by atoms with E-state index in [-0.39, 0.29) is 12.5 Å². The number of carbonyl (C=O) groups is 2. The van der Waals surface area contributed by atoms with Crippen LogP contribution in [0.1, 0.15) is 24.4 Å². The number of amides is 1. The first-order valence-electron chi connectivity index (χ1n) is 7.32. The number of aryl methyl sites for hydroxylation is 1. The average molecular weight is 317 g/mol. The Balaban J connectivity index is 2.31. The summed E-state index contributed by atoms with van der Waals surface area (Å²) in [5.41, 5.74) is 0.951. The molecule has 0 fully saturated rings. The Labute approximate surface area is 133 Å². The van der Waals surface area contributed by atoms with E-state index in [0.717, 1.165) is 5.56 Å². The molecule has 8 nitrogen and oxygen atoms in total. The maximum absolute atomic E-state index is 12.8. The molecule has 2 aromatic rings. The number of carboxylic acid groups (broad SMARTS) is 1. The molecule has 0 saturated heterocycles. The Morgan fingerprint density at radius 2 is 2.00 bits per heavy atom. The van der Waals surface area contributed by atoms with Crippen LogP contribution in [0.25, 0.3) is 0 Å². The van der Waals surface area contributed by atoms with Crippen LogP contribution in [0.4, 0.5) is 0 Å². The van der Waals surface area contributed by atoms with Gasteiger partial charge in [0.1, 0.15) is 18.4 Å². The molecule has 0 saturated carbocycles. The SMILES string of the molecule is CCN(CC(=O)O)C(=O)C(Cc1ccccc1)n1nnnc1C. The first-order chi connectivity index (χ1) is 11.0. The molecule has 1 N–H and O–H groups in total. The van der Waals surface area contributed by atoms with Crippen molar-refractivity contribution < 1.29 is 14.7 Å². The molecule has 1 aromatic heterocycles. The van der Waals surface area contributed by atoms with Crippen LogP contribution in [0.2, 0.25) is 0 Å². The average Bonchev–Trinajstić information content (AvgIpc) is 2.96. The van der Waals surface area contributed by atoms with Gasteiger partial charge >= 0.3 is 5.97 Å². The minimum atomic E-state index is -1.05. The number of aromatic nitrogens is 4. The molecule has 1 amide bonds. The molecule has 0 spiro atoms. The van der Waals surface area contributed by atoms with Crippen molar-refractivity contribution in [1.82, 2.24) is 25.1 Å². The van der Waals surface area contributed by atoms with Crippen LogP contribution in [0.15, 0.2) is 30.3 Å². The van der Waals surface area contributed by atoms with Crippen LogP contribution in [-0.4, -0.2) is 55.2 Å². The first-order valence-corrected chi connectivity index (χ1v) is 7.32. The van der Waals surface area contributed by atoms with E-state index in [1.165, 1.54) is 9.58 Å². The fourth-order valence-electron chi connectivity index (χ4n) is 2.36. The monoisotopic (exact) mass is 317 g/mol. The summed E-state index contributed by atoms with van der Waals surface area (Å²) in [5, 5.41) is 20.3. The Morgan fingerprint density at radius 1 is 1.30 bits per heavy atom. The quantitative estimate of drug-likeness (QED) is 0.806. The zero-order chi connectivity index (χ0) is 16.8. The Hall–Kier alpha value is -2.77. The largest absolute Gasteiger partial charge is 0.480 e. The summed E-state index contributed by atoms with van der Waals surface area (Å²) < 4.78 is 1.44. The van der Waals surface area contributed by atoms with Crippen molar-refractivity contribution in [2.45, 2.75) is 26.3 Å². The Bertz CT molecular complexity index is 671. The summed E-state index contributed by atoms with van der Waals surface area (Å²) >= 11 is 0. The van der Waals surface area contributed by atoms with Gasteiger partial charge in [0.15, 0.2) is 0 Å². The molecule has 0 radical (unpaired) electrons. The molecule has 1 atom stereocenters. The Morgan fingerprint density at radius 3 is 2.52 bits per heavy atom. The highest BCUT2D eigenvalue weighted by Gasteiger charge is 2.29.